The van der Waals surface area contributed by atoms with Crippen LogP contribution in [0.1, 0.15) is 19.5 Å². The van der Waals surface area contributed by atoms with E-state index in [2.05, 4.69) is 20.9 Å². The highest BCUT2D eigenvalue weighted by Gasteiger charge is 2.05. The van der Waals surface area contributed by atoms with E-state index in [-0.39, 0.29) is 5.56 Å². The Morgan fingerprint density at radius 2 is 1.94 bits per heavy atom. The molecule has 0 aliphatic heterocycles. The Morgan fingerprint density at radius 3 is 2.56 bits per heavy atom. The standard InChI is InChI=1S/C10H9BrN2O.C2H6/c1-6-3-7-8(4-12-6)10(14)13(2)5-9(7)11;1-2/h3-5H,1-2H3;1-2H3. The molecule has 0 saturated carbocycles. The molecular formula is C12H15BrN2O. The Kier molecular flexibility index (Phi) is 4.24. The van der Waals surface area contributed by atoms with Crippen molar-refractivity contribution in [1.29, 1.82) is 0 Å². The van der Waals surface area contributed by atoms with E-state index in [0.717, 1.165) is 15.6 Å². The first-order chi connectivity index (χ1) is 7.59. The SMILES string of the molecule is CC.Cc1cc2c(Br)cn(C)c(=O)c2cn1. The lowest BCUT2D eigenvalue weighted by atomic mass is 10.2. The van der Waals surface area contributed by atoms with E-state index in [1.54, 1.807) is 24.0 Å². The van der Waals surface area contributed by atoms with Gasteiger partial charge in [-0.2, -0.15) is 0 Å². The monoisotopic (exact) mass is 282 g/mol. The molecule has 0 N–H and O–H groups in total. The maximum absolute atomic E-state index is 11.7. The summed E-state index contributed by atoms with van der Waals surface area (Å²) in [6.07, 6.45) is 3.39. The molecule has 3 nitrogen and oxygen atoms in total. The van der Waals surface area contributed by atoms with Crippen molar-refractivity contribution in [2.75, 3.05) is 0 Å². The van der Waals surface area contributed by atoms with Crippen molar-refractivity contribution in [3.8, 4) is 0 Å². The molecule has 0 atom stereocenters. The molecule has 4 heteroatoms. The van der Waals surface area contributed by atoms with Crippen molar-refractivity contribution < 1.29 is 0 Å². The summed E-state index contributed by atoms with van der Waals surface area (Å²) in [5, 5.41) is 1.56. The van der Waals surface area contributed by atoms with E-state index < -0.39 is 0 Å². The zero-order valence-electron chi connectivity index (χ0n) is 9.91. The maximum atomic E-state index is 11.7. The minimum Gasteiger partial charge on any atom is -0.317 e. The van der Waals surface area contributed by atoms with Crippen LogP contribution in [0.15, 0.2) is 27.7 Å². The fourth-order valence-corrected chi connectivity index (χ4v) is 2.05. The van der Waals surface area contributed by atoms with Crippen LogP contribution in [0.25, 0.3) is 10.8 Å². The van der Waals surface area contributed by atoms with Crippen molar-refractivity contribution in [2.24, 2.45) is 7.05 Å². The van der Waals surface area contributed by atoms with Gasteiger partial charge in [0.15, 0.2) is 0 Å². The average molecular weight is 283 g/mol. The van der Waals surface area contributed by atoms with Crippen molar-refractivity contribution in [3.05, 3.63) is 39.0 Å². The summed E-state index contributed by atoms with van der Waals surface area (Å²) in [6, 6.07) is 1.90. The molecule has 2 aromatic rings. The Morgan fingerprint density at radius 1 is 1.31 bits per heavy atom. The van der Waals surface area contributed by atoms with Gasteiger partial charge in [-0.1, -0.05) is 13.8 Å². The number of aromatic nitrogens is 2. The fourth-order valence-electron chi connectivity index (χ4n) is 1.42. The van der Waals surface area contributed by atoms with E-state index in [1.165, 1.54) is 0 Å². The lowest BCUT2D eigenvalue weighted by Crippen LogP contribution is -2.16. The molecule has 0 saturated heterocycles. The molecule has 0 aromatic carbocycles. The first kappa shape index (κ1) is 12.9. The van der Waals surface area contributed by atoms with Crippen molar-refractivity contribution in [3.63, 3.8) is 0 Å². The van der Waals surface area contributed by atoms with E-state index in [4.69, 9.17) is 0 Å². The number of fused-ring (bicyclic) bond motifs is 1. The van der Waals surface area contributed by atoms with Crippen LogP contribution < -0.4 is 5.56 Å². The zero-order chi connectivity index (χ0) is 12.3. The van der Waals surface area contributed by atoms with E-state index in [9.17, 15) is 4.79 Å². The van der Waals surface area contributed by atoms with Gasteiger partial charge in [-0.3, -0.25) is 9.78 Å². The van der Waals surface area contributed by atoms with Gasteiger partial charge in [0.05, 0.1) is 5.39 Å². The average Bonchev–Trinajstić information content (AvgIpc) is 2.29. The van der Waals surface area contributed by atoms with Crippen molar-refractivity contribution in [2.45, 2.75) is 20.8 Å². The summed E-state index contributed by atoms with van der Waals surface area (Å²) in [7, 11) is 1.73. The van der Waals surface area contributed by atoms with Crippen LogP contribution in [0.2, 0.25) is 0 Å². The van der Waals surface area contributed by atoms with Gasteiger partial charge in [0.2, 0.25) is 0 Å². The lowest BCUT2D eigenvalue weighted by Gasteiger charge is -2.04. The minimum atomic E-state index is -0.0179. The molecule has 0 spiro atoms. The molecule has 0 fully saturated rings. The third-order valence-corrected chi connectivity index (χ3v) is 2.79. The molecule has 16 heavy (non-hydrogen) atoms. The topological polar surface area (TPSA) is 34.9 Å². The van der Waals surface area contributed by atoms with Gasteiger partial charge < -0.3 is 4.57 Å². The summed E-state index contributed by atoms with van der Waals surface area (Å²) in [5.41, 5.74) is 0.891. The van der Waals surface area contributed by atoms with E-state index in [0.29, 0.717) is 5.39 Å². The largest absolute Gasteiger partial charge is 0.317 e. The number of rotatable bonds is 0. The third-order valence-electron chi connectivity index (χ3n) is 2.16. The Balaban J connectivity index is 0.000000606. The third kappa shape index (κ3) is 2.32. The van der Waals surface area contributed by atoms with Gasteiger partial charge in [0.25, 0.3) is 5.56 Å². The van der Waals surface area contributed by atoms with Gasteiger partial charge in [-0.25, -0.2) is 0 Å². The van der Waals surface area contributed by atoms with Crippen LogP contribution in [-0.2, 0) is 7.05 Å². The zero-order valence-corrected chi connectivity index (χ0v) is 11.5. The second-order valence-electron chi connectivity index (χ2n) is 3.26. The van der Waals surface area contributed by atoms with Crippen molar-refractivity contribution in [1.82, 2.24) is 9.55 Å². The molecule has 86 valence electrons. The Bertz CT molecular complexity index is 561. The number of nitrogens with zero attached hydrogens (tertiary/aromatic N) is 2. The minimum absolute atomic E-state index is 0.0179. The quantitative estimate of drug-likeness (QED) is 0.745. The first-order valence-corrected chi connectivity index (χ1v) is 6.00. The van der Waals surface area contributed by atoms with Crippen molar-refractivity contribution >= 4 is 26.7 Å². The van der Waals surface area contributed by atoms with Gasteiger partial charge in [0.1, 0.15) is 0 Å². The first-order valence-electron chi connectivity index (χ1n) is 5.21. The highest BCUT2D eigenvalue weighted by molar-refractivity contribution is 9.10. The number of hydrogen-bond donors (Lipinski definition) is 0. The molecule has 2 heterocycles. The van der Waals surface area contributed by atoms with Crippen LogP contribution in [0.5, 0.6) is 0 Å². The summed E-state index contributed by atoms with van der Waals surface area (Å²) in [5.74, 6) is 0. The Hall–Kier alpha value is -1.16. The normalized spacial score (nSPS) is 9.81. The second kappa shape index (κ2) is 5.25. The summed E-state index contributed by atoms with van der Waals surface area (Å²) < 4.78 is 2.46. The molecule has 0 unspecified atom stereocenters. The van der Waals surface area contributed by atoms with Gasteiger partial charge in [-0.05, 0) is 28.9 Å². The maximum Gasteiger partial charge on any atom is 0.259 e. The Labute approximate surface area is 103 Å². The molecular weight excluding hydrogens is 268 g/mol. The van der Waals surface area contributed by atoms with Crippen LogP contribution >= 0.6 is 15.9 Å². The predicted molar refractivity (Wildman–Crippen MR) is 70.8 cm³/mol. The summed E-state index contributed by atoms with van der Waals surface area (Å²) in [6.45, 7) is 5.91. The lowest BCUT2D eigenvalue weighted by molar-refractivity contribution is 0.868. The van der Waals surface area contributed by atoms with E-state index in [1.807, 2.05) is 26.8 Å². The molecule has 0 aliphatic rings. The molecule has 0 bridgehead atoms. The number of hydrogen-bond acceptors (Lipinski definition) is 2. The highest BCUT2D eigenvalue weighted by atomic mass is 79.9. The van der Waals surface area contributed by atoms with Gasteiger partial charge in [-0.15, -0.1) is 0 Å². The molecule has 0 radical (unpaired) electrons. The number of halogens is 1. The molecule has 2 aromatic heterocycles. The van der Waals surface area contributed by atoms with Gasteiger partial charge in [0, 0.05) is 35.0 Å². The number of aryl methyl sites for hydroxylation is 2. The van der Waals surface area contributed by atoms with Crippen LogP contribution in [0.3, 0.4) is 0 Å². The van der Waals surface area contributed by atoms with Crippen LogP contribution in [0.4, 0.5) is 0 Å². The molecule has 0 amide bonds. The van der Waals surface area contributed by atoms with Crippen LogP contribution in [0, 0.1) is 6.92 Å². The summed E-state index contributed by atoms with van der Waals surface area (Å²) in [4.78, 5) is 15.8. The van der Waals surface area contributed by atoms with E-state index >= 15 is 0 Å². The second-order valence-corrected chi connectivity index (χ2v) is 4.12. The molecule has 2 rings (SSSR count). The highest BCUT2D eigenvalue weighted by Crippen LogP contribution is 2.20. The van der Waals surface area contributed by atoms with Gasteiger partial charge >= 0.3 is 0 Å². The van der Waals surface area contributed by atoms with Crippen LogP contribution in [-0.4, -0.2) is 9.55 Å². The summed E-state index contributed by atoms with van der Waals surface area (Å²) >= 11 is 3.43. The smallest absolute Gasteiger partial charge is 0.259 e. The fraction of sp³-hybridized carbons (Fsp3) is 0.333. The predicted octanol–water partition coefficient (Wildman–Crippen LogP) is 3.03. The number of pyridine rings is 2. The molecule has 0 aliphatic carbocycles.